The largest absolute Gasteiger partial charge is 0.388 e. The first kappa shape index (κ1) is 12.5. The van der Waals surface area contributed by atoms with E-state index in [1.54, 1.807) is 0 Å². The molecule has 0 unspecified atom stereocenters. The minimum atomic E-state index is 0.366. The van der Waals surface area contributed by atoms with Crippen LogP contribution < -0.4 is 5.73 Å². The molecule has 1 aromatic heterocycles. The topological polar surface area (TPSA) is 56.7 Å². The Kier molecular flexibility index (Phi) is 3.76. The predicted octanol–water partition coefficient (Wildman–Crippen LogP) is 1.91. The van der Waals surface area contributed by atoms with Crippen LogP contribution in [0.4, 0.5) is 0 Å². The Morgan fingerprint density at radius 2 is 2.24 bits per heavy atom. The summed E-state index contributed by atoms with van der Waals surface area (Å²) in [4.78, 5) is 0.366. The molecule has 0 saturated heterocycles. The Bertz CT molecular complexity index is 407. The minimum absolute atomic E-state index is 0.366. The number of hydrogen-bond acceptors (Lipinski definition) is 3. The van der Waals surface area contributed by atoms with E-state index in [0.717, 1.165) is 36.7 Å². The van der Waals surface area contributed by atoms with Crippen molar-refractivity contribution in [2.24, 2.45) is 17.6 Å². The molecule has 0 aromatic carbocycles. The van der Waals surface area contributed by atoms with Gasteiger partial charge in [0.05, 0.1) is 5.69 Å². The van der Waals surface area contributed by atoms with E-state index in [1.165, 1.54) is 12.8 Å². The van der Waals surface area contributed by atoms with Crippen LogP contribution in [0.3, 0.4) is 0 Å². The summed E-state index contributed by atoms with van der Waals surface area (Å²) < 4.78 is 2.01. The van der Waals surface area contributed by atoms with Gasteiger partial charge in [-0.15, -0.1) is 5.10 Å². The Hall–Kier alpha value is -0.970. The van der Waals surface area contributed by atoms with E-state index in [2.05, 4.69) is 24.2 Å². The zero-order valence-corrected chi connectivity index (χ0v) is 11.3. The van der Waals surface area contributed by atoms with Gasteiger partial charge in [-0.05, 0) is 37.5 Å². The minimum Gasteiger partial charge on any atom is -0.388 e. The molecule has 1 aliphatic carbocycles. The first-order chi connectivity index (χ1) is 8.08. The second-order valence-electron chi connectivity index (χ2n) is 5.31. The number of hydrogen-bond donors (Lipinski definition) is 1. The van der Waals surface area contributed by atoms with E-state index >= 15 is 0 Å². The third kappa shape index (κ3) is 3.25. The molecule has 5 heteroatoms. The molecule has 0 atom stereocenters. The van der Waals surface area contributed by atoms with E-state index in [9.17, 15) is 0 Å². The molecule has 17 heavy (non-hydrogen) atoms. The molecular weight excluding hydrogens is 232 g/mol. The van der Waals surface area contributed by atoms with Crippen molar-refractivity contribution in [2.75, 3.05) is 0 Å². The molecule has 0 aliphatic heterocycles. The molecule has 1 saturated carbocycles. The number of rotatable bonds is 6. The average molecular weight is 252 g/mol. The maximum Gasteiger partial charge on any atom is 0.143 e. The fourth-order valence-corrected chi connectivity index (χ4v) is 2.05. The summed E-state index contributed by atoms with van der Waals surface area (Å²) in [5.74, 6) is 1.45. The molecule has 0 amide bonds. The van der Waals surface area contributed by atoms with Crippen molar-refractivity contribution in [1.29, 1.82) is 0 Å². The van der Waals surface area contributed by atoms with E-state index < -0.39 is 0 Å². The van der Waals surface area contributed by atoms with Gasteiger partial charge in [-0.2, -0.15) is 0 Å². The van der Waals surface area contributed by atoms with Crippen molar-refractivity contribution in [3.8, 4) is 0 Å². The molecule has 0 spiro atoms. The highest BCUT2D eigenvalue weighted by Gasteiger charge is 2.25. The van der Waals surface area contributed by atoms with Crippen LogP contribution in [0.1, 0.15) is 44.5 Å². The van der Waals surface area contributed by atoms with Crippen molar-refractivity contribution < 1.29 is 0 Å². The van der Waals surface area contributed by atoms with Gasteiger partial charge in [0, 0.05) is 6.54 Å². The van der Waals surface area contributed by atoms with E-state index in [1.807, 2.05) is 4.68 Å². The maximum absolute atomic E-state index is 5.70. The smallest absolute Gasteiger partial charge is 0.143 e. The molecule has 4 nitrogen and oxygen atoms in total. The summed E-state index contributed by atoms with van der Waals surface area (Å²) in [5, 5.41) is 8.32. The molecule has 94 valence electrons. The van der Waals surface area contributed by atoms with E-state index in [4.69, 9.17) is 18.0 Å². The summed E-state index contributed by atoms with van der Waals surface area (Å²) >= 11 is 5.03. The van der Waals surface area contributed by atoms with E-state index in [0.29, 0.717) is 10.9 Å². The highest BCUT2D eigenvalue weighted by molar-refractivity contribution is 7.80. The van der Waals surface area contributed by atoms with Gasteiger partial charge in [-0.25, -0.2) is 4.68 Å². The van der Waals surface area contributed by atoms with Crippen LogP contribution in [0.2, 0.25) is 0 Å². The molecular formula is C12H20N4S. The molecule has 1 aliphatic rings. The predicted molar refractivity (Wildman–Crippen MR) is 71.8 cm³/mol. The number of thiocarbonyl (C=S) groups is 1. The molecule has 0 radical (unpaired) electrons. The highest BCUT2D eigenvalue weighted by Crippen LogP contribution is 2.31. The summed E-state index contributed by atoms with van der Waals surface area (Å²) in [6, 6.07) is 0. The number of aromatic nitrogens is 3. The second-order valence-corrected chi connectivity index (χ2v) is 5.75. The molecule has 1 heterocycles. The SMILES string of the molecule is CC(C)CCc1c(C(N)=S)nnn1CC1CC1. The standard InChI is InChI=1S/C12H20N4S/c1-8(2)3-6-10-11(12(13)17)14-15-16(10)7-9-4-5-9/h8-9H,3-7H2,1-2H3,(H2,13,17). The van der Waals surface area contributed by atoms with Gasteiger partial charge < -0.3 is 5.73 Å². The molecule has 1 aromatic rings. The Balaban J connectivity index is 2.15. The lowest BCUT2D eigenvalue weighted by Crippen LogP contribution is -2.15. The zero-order chi connectivity index (χ0) is 12.4. The molecule has 0 bridgehead atoms. The van der Waals surface area contributed by atoms with Gasteiger partial charge in [0.1, 0.15) is 10.7 Å². The van der Waals surface area contributed by atoms with Gasteiger partial charge in [0.15, 0.2) is 0 Å². The Morgan fingerprint density at radius 3 is 2.76 bits per heavy atom. The monoisotopic (exact) mass is 252 g/mol. The number of nitrogens with zero attached hydrogens (tertiary/aromatic N) is 3. The maximum atomic E-state index is 5.70. The van der Waals surface area contributed by atoms with Gasteiger partial charge in [-0.1, -0.05) is 31.3 Å². The number of nitrogens with two attached hydrogens (primary N) is 1. The van der Waals surface area contributed by atoms with E-state index in [-0.39, 0.29) is 0 Å². The highest BCUT2D eigenvalue weighted by atomic mass is 32.1. The summed E-state index contributed by atoms with van der Waals surface area (Å²) in [5.41, 5.74) is 7.54. The molecule has 2 rings (SSSR count). The summed E-state index contributed by atoms with van der Waals surface area (Å²) in [6.07, 6.45) is 4.70. The van der Waals surface area contributed by atoms with Gasteiger partial charge in [0.2, 0.25) is 0 Å². The fourth-order valence-electron chi connectivity index (χ4n) is 1.89. The fraction of sp³-hybridized carbons (Fsp3) is 0.750. The Labute approximate surface area is 108 Å². The molecule has 1 fully saturated rings. The first-order valence-corrected chi connectivity index (χ1v) is 6.71. The van der Waals surface area contributed by atoms with Crippen LogP contribution in [-0.4, -0.2) is 20.0 Å². The van der Waals surface area contributed by atoms with Gasteiger partial charge in [0.25, 0.3) is 0 Å². The van der Waals surface area contributed by atoms with Crippen LogP contribution in [-0.2, 0) is 13.0 Å². The zero-order valence-electron chi connectivity index (χ0n) is 10.5. The van der Waals surface area contributed by atoms with Gasteiger partial charge in [-0.3, -0.25) is 0 Å². The van der Waals surface area contributed by atoms with Crippen LogP contribution in [0.5, 0.6) is 0 Å². The van der Waals surface area contributed by atoms with Crippen molar-refractivity contribution in [3.63, 3.8) is 0 Å². The summed E-state index contributed by atoms with van der Waals surface area (Å²) in [7, 11) is 0. The Morgan fingerprint density at radius 1 is 1.53 bits per heavy atom. The van der Waals surface area contributed by atoms with Crippen molar-refractivity contribution in [2.45, 2.75) is 46.1 Å². The third-order valence-corrected chi connectivity index (χ3v) is 3.35. The van der Waals surface area contributed by atoms with Crippen LogP contribution >= 0.6 is 12.2 Å². The normalized spacial score (nSPS) is 15.5. The third-order valence-electron chi connectivity index (χ3n) is 3.16. The van der Waals surface area contributed by atoms with Crippen molar-refractivity contribution >= 4 is 17.2 Å². The lowest BCUT2D eigenvalue weighted by Gasteiger charge is -2.08. The van der Waals surface area contributed by atoms with Crippen LogP contribution in [0, 0.1) is 11.8 Å². The van der Waals surface area contributed by atoms with Gasteiger partial charge >= 0.3 is 0 Å². The van der Waals surface area contributed by atoms with Crippen molar-refractivity contribution in [3.05, 3.63) is 11.4 Å². The van der Waals surface area contributed by atoms with Crippen LogP contribution in [0.25, 0.3) is 0 Å². The first-order valence-electron chi connectivity index (χ1n) is 6.30. The average Bonchev–Trinajstić information content (AvgIpc) is 2.95. The second kappa shape index (κ2) is 5.12. The summed E-state index contributed by atoms with van der Waals surface area (Å²) in [6.45, 7) is 5.41. The van der Waals surface area contributed by atoms with Crippen molar-refractivity contribution in [1.82, 2.24) is 15.0 Å². The lowest BCUT2D eigenvalue weighted by molar-refractivity contribution is 0.503. The lowest BCUT2D eigenvalue weighted by atomic mass is 10.1. The van der Waals surface area contributed by atoms with Crippen LogP contribution in [0.15, 0.2) is 0 Å². The quantitative estimate of drug-likeness (QED) is 0.786. The molecule has 2 N–H and O–H groups in total.